The summed E-state index contributed by atoms with van der Waals surface area (Å²) in [6.07, 6.45) is -1.36. The maximum atomic E-state index is 13.4. The van der Waals surface area contributed by atoms with Crippen molar-refractivity contribution in [2.24, 2.45) is 0 Å². The molecule has 1 aromatic carbocycles. The molecule has 2 unspecified atom stereocenters. The van der Waals surface area contributed by atoms with Crippen LogP contribution in [0.1, 0.15) is 38.8 Å². The van der Waals surface area contributed by atoms with Crippen LogP contribution < -0.4 is 10.6 Å². The van der Waals surface area contributed by atoms with E-state index >= 15 is 0 Å². The van der Waals surface area contributed by atoms with Crippen LogP contribution in [0.25, 0.3) is 0 Å². The fraction of sp³-hybridized carbons (Fsp3) is 0.417. The summed E-state index contributed by atoms with van der Waals surface area (Å²) in [5.41, 5.74) is -0.758. The van der Waals surface area contributed by atoms with Gasteiger partial charge in [0.1, 0.15) is 34.5 Å². The van der Waals surface area contributed by atoms with E-state index in [0.29, 0.717) is 5.56 Å². The van der Waals surface area contributed by atoms with E-state index in [1.54, 1.807) is 20.8 Å². The lowest BCUT2D eigenvalue weighted by Gasteiger charge is -2.50. The molecule has 18 heteroatoms. The number of β-lactam (4-membered cyclic amide) rings is 1. The van der Waals surface area contributed by atoms with Crippen LogP contribution >= 0.6 is 23.5 Å². The van der Waals surface area contributed by atoms with Gasteiger partial charge in [0.15, 0.2) is 0 Å². The molecule has 4 atom stereocenters. The second kappa shape index (κ2) is 12.3. The predicted molar refractivity (Wildman–Crippen MR) is 146 cm³/mol. The fourth-order valence-electron chi connectivity index (χ4n) is 4.24. The quantitative estimate of drug-likeness (QED) is 0.159. The molecule has 3 heterocycles. The summed E-state index contributed by atoms with van der Waals surface area (Å²) in [5, 5.41) is 45.8. The van der Waals surface area contributed by atoms with E-state index in [1.165, 1.54) is 24.3 Å². The van der Waals surface area contributed by atoms with E-state index in [2.05, 4.69) is 31.3 Å². The smallest absolute Gasteiger partial charge is 0.408 e. The van der Waals surface area contributed by atoms with Crippen molar-refractivity contribution in [1.82, 2.24) is 36.2 Å². The van der Waals surface area contributed by atoms with Crippen LogP contribution in [0.3, 0.4) is 0 Å². The molecule has 2 aliphatic rings. The highest BCUT2D eigenvalue weighted by Crippen LogP contribution is 2.44. The van der Waals surface area contributed by atoms with Gasteiger partial charge in [-0.1, -0.05) is 23.9 Å². The first-order chi connectivity index (χ1) is 19.7. The van der Waals surface area contributed by atoms with Crippen LogP contribution in [0, 0.1) is 0 Å². The number of amides is 3. The van der Waals surface area contributed by atoms with Crippen molar-refractivity contribution in [3.8, 4) is 5.75 Å². The van der Waals surface area contributed by atoms with Crippen molar-refractivity contribution in [3.63, 3.8) is 0 Å². The van der Waals surface area contributed by atoms with E-state index in [0.717, 1.165) is 28.4 Å². The van der Waals surface area contributed by atoms with Crippen LogP contribution in [0.2, 0.25) is 0 Å². The number of carbonyl (C=O) groups is 5. The number of aromatic nitrogens is 4. The molecule has 2 aromatic rings. The maximum absolute atomic E-state index is 13.4. The maximum Gasteiger partial charge on any atom is 0.408 e. The second-order valence-electron chi connectivity index (χ2n) is 10.1. The molecule has 1 saturated heterocycles. The monoisotopic (exact) mass is 621 g/mol. The summed E-state index contributed by atoms with van der Waals surface area (Å²) in [4.78, 5) is 64.1. The Kier molecular flexibility index (Phi) is 8.95. The number of alkyl carbamates (subject to hydrolysis) is 1. The number of carboxylic acids is 2. The average molecular weight is 622 g/mol. The molecular formula is C24H27N7O9S2. The number of carboxylic acid groups (broad SMARTS) is 2. The number of rotatable bonds is 10. The molecule has 224 valence electrons. The number of carbonyl (C=O) groups excluding carboxylic acids is 3. The Balaban J connectivity index is 1.56. The molecule has 1 aromatic heterocycles. The third-order valence-corrected chi connectivity index (χ3v) is 8.39. The highest BCUT2D eigenvalue weighted by Gasteiger charge is 2.55. The molecule has 0 spiro atoms. The average Bonchev–Trinajstić information content (AvgIpc) is 3.41. The molecule has 4 rings (SSSR count). The van der Waals surface area contributed by atoms with Crippen molar-refractivity contribution in [2.75, 3.05) is 5.75 Å². The van der Waals surface area contributed by atoms with Crippen LogP contribution in [0.4, 0.5) is 4.79 Å². The number of benzene rings is 1. The topological polar surface area (TPSA) is 237 Å². The summed E-state index contributed by atoms with van der Waals surface area (Å²) in [5.74, 6) is -4.16. The van der Waals surface area contributed by atoms with Crippen molar-refractivity contribution in [3.05, 3.63) is 41.1 Å². The number of nitrogens with zero attached hydrogens (tertiary/aromatic N) is 4. The van der Waals surface area contributed by atoms with E-state index in [9.17, 15) is 39.3 Å². The van der Waals surface area contributed by atoms with Gasteiger partial charge in [-0.25, -0.2) is 9.59 Å². The van der Waals surface area contributed by atoms with Crippen molar-refractivity contribution >= 4 is 53.4 Å². The number of phenolic OH excluding ortho intramolecular Hbond substituents is 1. The van der Waals surface area contributed by atoms with E-state index in [1.807, 2.05) is 0 Å². The first kappa shape index (κ1) is 30.6. The van der Waals surface area contributed by atoms with Crippen molar-refractivity contribution in [1.29, 1.82) is 0 Å². The molecule has 42 heavy (non-hydrogen) atoms. The van der Waals surface area contributed by atoms with Gasteiger partial charge in [0.2, 0.25) is 11.1 Å². The van der Waals surface area contributed by atoms with Crippen LogP contribution in [-0.2, 0) is 23.9 Å². The molecule has 1 fully saturated rings. The lowest BCUT2D eigenvalue weighted by molar-refractivity contribution is -0.151. The number of phenols is 1. The highest BCUT2D eigenvalue weighted by atomic mass is 32.2. The van der Waals surface area contributed by atoms with Gasteiger partial charge in [0.05, 0.1) is 6.42 Å². The number of fused-ring (bicyclic) bond motifs is 1. The lowest BCUT2D eigenvalue weighted by Crippen LogP contribution is -2.71. The summed E-state index contributed by atoms with van der Waals surface area (Å²) in [6.45, 7) is 4.94. The third kappa shape index (κ3) is 6.93. The van der Waals surface area contributed by atoms with E-state index in [4.69, 9.17) is 4.74 Å². The zero-order valence-electron chi connectivity index (χ0n) is 22.4. The van der Waals surface area contributed by atoms with Gasteiger partial charge >= 0.3 is 18.0 Å². The van der Waals surface area contributed by atoms with Gasteiger partial charge in [0.25, 0.3) is 5.91 Å². The predicted octanol–water partition coefficient (Wildman–Crippen LogP) is 0.845. The molecular weight excluding hydrogens is 594 g/mol. The summed E-state index contributed by atoms with van der Waals surface area (Å²) in [6, 6.07) is 3.04. The van der Waals surface area contributed by atoms with Gasteiger partial charge < -0.3 is 30.7 Å². The largest absolute Gasteiger partial charge is 0.508 e. The number of H-pyrrole nitrogens is 1. The molecule has 0 saturated carbocycles. The van der Waals surface area contributed by atoms with Crippen molar-refractivity contribution in [2.45, 2.75) is 60.7 Å². The highest BCUT2D eigenvalue weighted by molar-refractivity contribution is 8.01. The summed E-state index contributed by atoms with van der Waals surface area (Å²) >= 11 is 2.04. The van der Waals surface area contributed by atoms with Gasteiger partial charge in [-0.15, -0.1) is 22.0 Å². The Bertz CT molecular complexity index is 1410. The van der Waals surface area contributed by atoms with E-state index in [-0.39, 0.29) is 27.9 Å². The number of nitrogens with one attached hydrogen (secondary N) is 3. The Labute approximate surface area is 246 Å². The molecule has 16 nitrogen and oxygen atoms in total. The number of hydrogen-bond donors (Lipinski definition) is 6. The van der Waals surface area contributed by atoms with Crippen molar-refractivity contribution < 1.29 is 44.0 Å². The minimum absolute atomic E-state index is 0.0444. The normalized spacial score (nSPS) is 19.7. The molecule has 0 radical (unpaired) electrons. The Morgan fingerprint density at radius 1 is 1.21 bits per heavy atom. The molecule has 0 aliphatic carbocycles. The summed E-state index contributed by atoms with van der Waals surface area (Å²) in [7, 11) is 0. The molecule has 2 aliphatic heterocycles. The number of tetrazole rings is 1. The molecule has 6 N–H and O–H groups in total. The number of aliphatic carboxylic acids is 2. The first-order valence-corrected chi connectivity index (χ1v) is 14.3. The SMILES string of the molecule is CC(C)(C)OC(=O)NC(C(=O)N[C@H]1C(=O)N2C(C(=O)O)=C(C(CC(=O)O)Sc3nn[nH]n3)CS[C@@H]12)c1ccc(O)cc1. The summed E-state index contributed by atoms with van der Waals surface area (Å²) < 4.78 is 5.27. The number of aromatic amines is 1. The second-order valence-corrected chi connectivity index (χ2v) is 12.4. The van der Waals surface area contributed by atoms with Gasteiger partial charge in [0, 0.05) is 11.0 Å². The van der Waals surface area contributed by atoms with Gasteiger partial charge in [-0.3, -0.25) is 19.3 Å². The first-order valence-electron chi connectivity index (χ1n) is 12.4. The number of hydrogen-bond acceptors (Lipinski definition) is 12. The molecule has 0 bridgehead atoms. The zero-order valence-corrected chi connectivity index (χ0v) is 24.1. The Morgan fingerprint density at radius 2 is 1.90 bits per heavy atom. The van der Waals surface area contributed by atoms with Crippen LogP contribution in [0.5, 0.6) is 5.75 Å². The van der Waals surface area contributed by atoms with Crippen LogP contribution in [-0.4, -0.2) is 98.7 Å². The van der Waals surface area contributed by atoms with E-state index < -0.39 is 64.6 Å². The van der Waals surface area contributed by atoms with Gasteiger partial charge in [-0.2, -0.15) is 5.21 Å². The Hall–Kier alpha value is -4.32. The lowest BCUT2D eigenvalue weighted by atomic mass is 9.99. The minimum atomic E-state index is -1.44. The number of thioether (sulfide) groups is 2. The fourth-order valence-corrected chi connectivity index (χ4v) is 6.77. The van der Waals surface area contributed by atoms with Gasteiger partial charge in [-0.05, 0) is 49.3 Å². The number of ether oxygens (including phenoxy) is 1. The molecule has 3 amide bonds. The third-order valence-electron chi connectivity index (χ3n) is 5.97. The standard InChI is InChI=1S/C24H27N7O9S2/c1-24(2,3)40-23(39)26-15(10-4-6-11(32)7-5-10)18(35)25-16-19(36)31-17(21(37)38)12(9-41-20(16)31)13(8-14(33)34)42-22-27-29-30-28-22/h4-7,13,15-16,20,32H,8-9H2,1-3H3,(H,25,35)(H,26,39)(H,33,34)(H,37,38)(H,27,28,29,30)/t13?,15?,16-,20-/m0/s1. The zero-order chi connectivity index (χ0) is 30.8. The number of aromatic hydroxyl groups is 1. The minimum Gasteiger partial charge on any atom is -0.508 e. The Morgan fingerprint density at radius 3 is 2.48 bits per heavy atom. The van der Waals surface area contributed by atoms with Crippen LogP contribution in [0.15, 0.2) is 40.7 Å².